The van der Waals surface area contributed by atoms with Crippen LogP contribution in [0.5, 0.6) is 5.75 Å². The van der Waals surface area contributed by atoms with E-state index in [2.05, 4.69) is 25.2 Å². The molecule has 0 radical (unpaired) electrons. The van der Waals surface area contributed by atoms with E-state index in [0.29, 0.717) is 16.7 Å². The first-order valence-electron chi connectivity index (χ1n) is 10.1. The van der Waals surface area contributed by atoms with Gasteiger partial charge in [0, 0.05) is 46.1 Å². The first kappa shape index (κ1) is 22.0. The van der Waals surface area contributed by atoms with Crippen LogP contribution in [0.1, 0.15) is 53.5 Å². The molecule has 0 unspecified atom stereocenters. The zero-order valence-corrected chi connectivity index (χ0v) is 20.2. The van der Waals surface area contributed by atoms with Crippen LogP contribution in [0.15, 0.2) is 29.2 Å². The molecular weight excluding hydrogens is 480 g/mol. The zero-order chi connectivity index (χ0) is 21.2. The number of carboxylic acid groups (broad SMARTS) is 1. The number of hydrogen-bond acceptors (Lipinski definition) is 5. The molecule has 2 aromatic heterocycles. The molecule has 8 heteroatoms. The molecule has 3 heterocycles. The van der Waals surface area contributed by atoms with Gasteiger partial charge in [-0.15, -0.1) is 28.3 Å². The van der Waals surface area contributed by atoms with E-state index in [0.717, 1.165) is 36.4 Å². The molecule has 0 saturated heterocycles. The molecule has 1 aliphatic heterocycles. The second kappa shape index (κ2) is 7.76. The number of nitrogens with zero attached hydrogens (tertiary/aromatic N) is 1. The highest BCUT2D eigenvalue weighted by atomic mass is 79.9. The highest BCUT2D eigenvalue weighted by molar-refractivity contribution is 8.93. The number of rotatable bonds is 4. The van der Waals surface area contributed by atoms with E-state index < -0.39 is 11.4 Å². The van der Waals surface area contributed by atoms with Crippen LogP contribution in [-0.2, 0) is 12.0 Å². The maximum absolute atomic E-state index is 12.9. The Kier molecular flexibility index (Phi) is 5.52. The van der Waals surface area contributed by atoms with E-state index in [4.69, 9.17) is 4.74 Å². The van der Waals surface area contributed by atoms with Gasteiger partial charge in [0.1, 0.15) is 5.56 Å². The number of nitrogens with one attached hydrogen (secondary N) is 1. The molecule has 1 aliphatic carbocycles. The highest BCUT2D eigenvalue weighted by Crippen LogP contribution is 2.46. The van der Waals surface area contributed by atoms with Crippen LogP contribution >= 0.6 is 28.3 Å². The number of halogens is 1. The molecule has 164 valence electrons. The van der Waals surface area contributed by atoms with Crippen LogP contribution in [0, 0.1) is 0 Å². The maximum atomic E-state index is 12.9. The summed E-state index contributed by atoms with van der Waals surface area (Å²) in [7, 11) is 1.62. The minimum atomic E-state index is -1.19. The lowest BCUT2D eigenvalue weighted by Crippen LogP contribution is -2.37. The van der Waals surface area contributed by atoms with E-state index in [1.54, 1.807) is 24.5 Å². The number of carboxylic acids is 1. The van der Waals surface area contributed by atoms with Gasteiger partial charge in [0.05, 0.1) is 18.0 Å². The summed E-state index contributed by atoms with van der Waals surface area (Å²) in [4.78, 5) is 27.0. The van der Waals surface area contributed by atoms with Gasteiger partial charge in [-0.2, -0.15) is 0 Å². The van der Waals surface area contributed by atoms with Crippen LogP contribution < -0.4 is 15.5 Å². The van der Waals surface area contributed by atoms with E-state index >= 15 is 0 Å². The van der Waals surface area contributed by atoms with Gasteiger partial charge in [0.15, 0.2) is 5.75 Å². The van der Waals surface area contributed by atoms with Gasteiger partial charge >= 0.3 is 5.97 Å². The molecule has 2 N–H and O–H groups in total. The quantitative estimate of drug-likeness (QED) is 0.536. The van der Waals surface area contributed by atoms with Crippen LogP contribution in [0.3, 0.4) is 0 Å². The van der Waals surface area contributed by atoms with E-state index in [-0.39, 0.29) is 34.0 Å². The first-order chi connectivity index (χ1) is 14.3. The normalized spacial score (nSPS) is 17.1. The number of hydrogen-bond donors (Lipinski definition) is 2. The van der Waals surface area contributed by atoms with Crippen molar-refractivity contribution >= 4 is 45.2 Å². The molecule has 31 heavy (non-hydrogen) atoms. The Hall–Kier alpha value is -2.16. The highest BCUT2D eigenvalue weighted by Gasteiger charge is 2.32. The molecule has 1 aromatic carbocycles. The third-order valence-electron chi connectivity index (χ3n) is 6.09. The SMILES string of the molecule is Br.COc1c(-c2cc3c(s2)C(C)(C)CNC3)ccc2c(=O)c(C(=O)O)cn(C3CC3)c12. The van der Waals surface area contributed by atoms with Crippen LogP contribution in [0.4, 0.5) is 0 Å². The Balaban J connectivity index is 0.00000231. The average molecular weight is 505 g/mol. The number of aromatic nitrogens is 1. The van der Waals surface area contributed by atoms with Crippen molar-refractivity contribution in [2.75, 3.05) is 13.7 Å². The number of thiophene rings is 1. The smallest absolute Gasteiger partial charge is 0.341 e. The fourth-order valence-corrected chi connectivity index (χ4v) is 5.77. The summed E-state index contributed by atoms with van der Waals surface area (Å²) in [5.41, 5.74) is 2.34. The molecule has 5 rings (SSSR count). The minimum Gasteiger partial charge on any atom is -0.494 e. The first-order valence-corrected chi connectivity index (χ1v) is 11.0. The summed E-state index contributed by atoms with van der Waals surface area (Å²) in [6.45, 7) is 6.27. The molecule has 0 amide bonds. The topological polar surface area (TPSA) is 80.6 Å². The van der Waals surface area contributed by atoms with Crippen molar-refractivity contribution in [3.63, 3.8) is 0 Å². The summed E-state index contributed by atoms with van der Waals surface area (Å²) in [5.74, 6) is -0.558. The minimum absolute atomic E-state index is 0. The van der Waals surface area contributed by atoms with Crippen molar-refractivity contribution in [3.05, 3.63) is 50.6 Å². The van der Waals surface area contributed by atoms with Gasteiger partial charge in [0.2, 0.25) is 5.43 Å². The average Bonchev–Trinajstić information content (AvgIpc) is 3.45. The van der Waals surface area contributed by atoms with E-state index in [9.17, 15) is 14.7 Å². The maximum Gasteiger partial charge on any atom is 0.341 e. The number of benzene rings is 1. The number of fused-ring (bicyclic) bond motifs is 2. The molecule has 6 nitrogen and oxygen atoms in total. The number of methoxy groups -OCH3 is 1. The van der Waals surface area contributed by atoms with Gasteiger partial charge in [0.25, 0.3) is 0 Å². The summed E-state index contributed by atoms with van der Waals surface area (Å²) in [5, 5.41) is 13.4. The third-order valence-corrected chi connectivity index (χ3v) is 7.67. The van der Waals surface area contributed by atoms with Gasteiger partial charge in [-0.3, -0.25) is 4.79 Å². The summed E-state index contributed by atoms with van der Waals surface area (Å²) in [6, 6.07) is 6.06. The second-order valence-corrected chi connectivity index (χ2v) is 9.86. The molecule has 1 fully saturated rings. The predicted molar refractivity (Wildman–Crippen MR) is 128 cm³/mol. The Bertz CT molecular complexity index is 1260. The van der Waals surface area contributed by atoms with Crippen molar-refractivity contribution in [1.29, 1.82) is 0 Å². The molecule has 2 aliphatic rings. The van der Waals surface area contributed by atoms with Crippen molar-refractivity contribution in [3.8, 4) is 16.2 Å². The summed E-state index contributed by atoms with van der Waals surface area (Å²) >= 11 is 1.77. The standard InChI is InChI=1S/C23H24N2O4S.BrH/c1-23(2)11-24-9-12-8-17(30-21(12)23)14-6-7-15-18(20(14)29-3)25(13-4-5-13)10-16(19(15)26)22(27)28;/h6-8,10,13,24H,4-5,9,11H2,1-3H3,(H,27,28);1H. The van der Waals surface area contributed by atoms with Crippen molar-refractivity contribution in [2.45, 2.75) is 44.7 Å². The van der Waals surface area contributed by atoms with Crippen molar-refractivity contribution in [1.82, 2.24) is 9.88 Å². The van der Waals surface area contributed by atoms with Crippen molar-refractivity contribution in [2.24, 2.45) is 0 Å². The molecule has 1 saturated carbocycles. The van der Waals surface area contributed by atoms with Gasteiger partial charge in [-0.25, -0.2) is 4.79 Å². The van der Waals surface area contributed by atoms with Crippen molar-refractivity contribution < 1.29 is 14.6 Å². The van der Waals surface area contributed by atoms with Gasteiger partial charge < -0.3 is 19.7 Å². The Morgan fingerprint density at radius 3 is 2.68 bits per heavy atom. The van der Waals surface area contributed by atoms with Crippen LogP contribution in [0.25, 0.3) is 21.3 Å². The molecular formula is C23H25BrN2O4S. The Morgan fingerprint density at radius 1 is 1.32 bits per heavy atom. The summed E-state index contributed by atoms with van der Waals surface area (Å²) < 4.78 is 7.79. The lowest BCUT2D eigenvalue weighted by atomic mass is 9.86. The molecule has 0 bridgehead atoms. The number of pyridine rings is 1. The number of aromatic carboxylic acids is 1. The number of carbonyl (C=O) groups is 1. The van der Waals surface area contributed by atoms with Crippen LogP contribution in [0.2, 0.25) is 0 Å². The zero-order valence-electron chi connectivity index (χ0n) is 17.7. The van der Waals surface area contributed by atoms with Gasteiger partial charge in [-0.1, -0.05) is 13.8 Å². The van der Waals surface area contributed by atoms with Gasteiger partial charge in [-0.05, 0) is 36.6 Å². The molecule has 3 aromatic rings. The molecule has 0 spiro atoms. The van der Waals surface area contributed by atoms with E-state index in [1.165, 1.54) is 16.6 Å². The summed E-state index contributed by atoms with van der Waals surface area (Å²) in [6.07, 6.45) is 3.43. The Labute approximate surface area is 194 Å². The lowest BCUT2D eigenvalue weighted by Gasteiger charge is -2.30. The monoisotopic (exact) mass is 504 g/mol. The fourth-order valence-electron chi connectivity index (χ4n) is 4.47. The lowest BCUT2D eigenvalue weighted by molar-refractivity contribution is 0.0695. The predicted octanol–water partition coefficient (Wildman–Crippen LogP) is 4.73. The Morgan fingerprint density at radius 2 is 2.06 bits per heavy atom. The largest absolute Gasteiger partial charge is 0.494 e. The fraction of sp³-hybridized carbons (Fsp3) is 0.391. The third kappa shape index (κ3) is 3.50. The van der Waals surface area contributed by atoms with E-state index in [1.807, 2.05) is 10.6 Å². The number of ether oxygens (including phenoxy) is 1. The van der Waals surface area contributed by atoms with Crippen LogP contribution in [-0.4, -0.2) is 29.3 Å². The second-order valence-electron chi connectivity index (χ2n) is 8.81. The molecule has 0 atom stereocenters.